The van der Waals surface area contributed by atoms with Crippen LogP contribution in [0.1, 0.15) is 155 Å². The van der Waals surface area contributed by atoms with Crippen molar-refractivity contribution < 1.29 is 64.6 Å². The molecule has 0 aliphatic carbocycles. The normalized spacial score (nSPS) is 27.1. The Bertz CT molecular complexity index is 1460. The number of unbranched alkanes of at least 4 members (excludes halogenated alkanes) is 13. The van der Waals surface area contributed by atoms with Gasteiger partial charge >= 0.3 is 0 Å². The molecule has 2 heterocycles. The van der Waals surface area contributed by atoms with Crippen molar-refractivity contribution in [2.75, 3.05) is 19.8 Å². The number of carbonyl (C=O) groups is 1. The highest BCUT2D eigenvalue weighted by molar-refractivity contribution is 5.76. The lowest BCUT2D eigenvalue weighted by molar-refractivity contribution is -0.359. The van der Waals surface area contributed by atoms with Crippen LogP contribution in [-0.2, 0) is 23.7 Å². The van der Waals surface area contributed by atoms with Gasteiger partial charge in [0.1, 0.15) is 48.8 Å². The lowest BCUT2D eigenvalue weighted by atomic mass is 9.97. The Labute approximate surface area is 408 Å². The molecule has 2 rings (SSSR count). The van der Waals surface area contributed by atoms with Gasteiger partial charge < -0.3 is 65.1 Å². The summed E-state index contributed by atoms with van der Waals surface area (Å²) in [5.74, 6) is -0.287. The molecule has 12 atom stereocenters. The molecule has 0 bridgehead atoms. The number of allylic oxidation sites excluding steroid dienone is 13. The molecule has 0 saturated carbocycles. The quantitative estimate of drug-likeness (QED) is 0.0225. The first kappa shape index (κ1) is 61.3. The van der Waals surface area contributed by atoms with Gasteiger partial charge in [-0.25, -0.2) is 0 Å². The van der Waals surface area contributed by atoms with Crippen LogP contribution in [0.25, 0.3) is 0 Å². The fraction of sp³-hybridized carbons (Fsp3) is 0.722. The predicted molar refractivity (Wildman–Crippen MR) is 267 cm³/mol. The predicted octanol–water partition coefficient (Wildman–Crippen LogP) is 6.99. The molecule has 0 aromatic rings. The van der Waals surface area contributed by atoms with Crippen molar-refractivity contribution in [3.8, 4) is 0 Å². The number of carbonyl (C=O) groups excluding carboxylic acids is 1. The average Bonchev–Trinajstić information content (AvgIpc) is 3.34. The summed E-state index contributed by atoms with van der Waals surface area (Å²) in [6.07, 6.45) is 34.8. The minimum atomic E-state index is -1.80. The zero-order valence-electron chi connectivity index (χ0n) is 41.3. The van der Waals surface area contributed by atoms with Gasteiger partial charge in [-0.3, -0.25) is 4.79 Å². The average molecular weight is 962 g/mol. The van der Waals surface area contributed by atoms with Gasteiger partial charge in [0.2, 0.25) is 5.91 Å². The molecule has 14 heteroatoms. The van der Waals surface area contributed by atoms with Crippen LogP contribution in [0.3, 0.4) is 0 Å². The molecular weight excluding hydrogens is 871 g/mol. The molecule has 2 fully saturated rings. The zero-order chi connectivity index (χ0) is 49.6. The lowest BCUT2D eigenvalue weighted by Gasteiger charge is -2.46. The van der Waals surface area contributed by atoms with E-state index in [0.29, 0.717) is 6.42 Å². The molecule has 0 aromatic heterocycles. The Morgan fingerprint density at radius 1 is 0.544 bits per heavy atom. The van der Waals surface area contributed by atoms with Gasteiger partial charge in [0, 0.05) is 6.42 Å². The van der Waals surface area contributed by atoms with Gasteiger partial charge in [-0.05, 0) is 70.6 Å². The van der Waals surface area contributed by atoms with Gasteiger partial charge in [-0.15, -0.1) is 0 Å². The van der Waals surface area contributed by atoms with Crippen LogP contribution in [0.4, 0.5) is 0 Å². The van der Waals surface area contributed by atoms with Gasteiger partial charge in [0.05, 0.1) is 32.0 Å². The number of hydrogen-bond donors (Lipinski definition) is 9. The van der Waals surface area contributed by atoms with Gasteiger partial charge in [0.25, 0.3) is 0 Å². The van der Waals surface area contributed by atoms with Gasteiger partial charge in [-0.2, -0.15) is 0 Å². The summed E-state index contributed by atoms with van der Waals surface area (Å²) in [5, 5.41) is 86.7. The van der Waals surface area contributed by atoms with Crippen molar-refractivity contribution in [1.29, 1.82) is 0 Å². The highest BCUT2D eigenvalue weighted by Crippen LogP contribution is 2.30. The molecule has 1 amide bonds. The van der Waals surface area contributed by atoms with Crippen molar-refractivity contribution in [2.24, 2.45) is 0 Å². The maximum Gasteiger partial charge on any atom is 0.220 e. The van der Waals surface area contributed by atoms with Gasteiger partial charge in [-0.1, -0.05) is 163 Å². The third-order valence-electron chi connectivity index (χ3n) is 12.1. The molecule has 12 unspecified atom stereocenters. The maximum atomic E-state index is 13.2. The summed E-state index contributed by atoms with van der Waals surface area (Å²) >= 11 is 0. The third kappa shape index (κ3) is 26.4. The van der Waals surface area contributed by atoms with Crippen LogP contribution >= 0.6 is 0 Å². The highest BCUT2D eigenvalue weighted by Gasteiger charge is 2.51. The van der Waals surface area contributed by atoms with Crippen LogP contribution in [-0.4, -0.2) is 140 Å². The fourth-order valence-corrected chi connectivity index (χ4v) is 7.88. The second-order valence-electron chi connectivity index (χ2n) is 17.9. The second kappa shape index (κ2) is 39.8. The topological polar surface area (TPSA) is 228 Å². The van der Waals surface area contributed by atoms with Crippen molar-refractivity contribution in [3.05, 3.63) is 85.1 Å². The van der Waals surface area contributed by atoms with E-state index in [9.17, 15) is 45.6 Å². The maximum absolute atomic E-state index is 13.2. The molecule has 2 saturated heterocycles. The van der Waals surface area contributed by atoms with Crippen LogP contribution in [0, 0.1) is 0 Å². The standard InChI is InChI=1S/C54H91NO13/c1-3-5-7-9-11-13-15-17-18-19-20-21-22-23-24-26-28-30-32-34-36-38-46(59)55-42(43(58)37-35-33-31-29-27-25-16-14-12-10-8-6-4-2)41-65-53-51(64)49(62)52(45(40-57)67-53)68-54-50(63)48(61)47(60)44(39-56)66-54/h5,7,11,13,17-18,20-21,23-24,28,30,35,37,42-45,47-54,56-58,60-64H,3-4,6,8-10,12,14-16,19,22,25-27,29,31-34,36,38-41H2,1-2H3,(H,55,59)/b7-5-,13-11-,18-17-,21-20-,24-23-,30-28-,37-35+. The summed E-state index contributed by atoms with van der Waals surface area (Å²) in [7, 11) is 0. The van der Waals surface area contributed by atoms with E-state index in [2.05, 4.69) is 92.1 Å². The SMILES string of the molecule is CC/C=C\C/C=C\C/C=C\C/C=C\C/C=C\C/C=C\CCCCC(=O)NC(COC1OC(CO)C(OC2OC(CO)C(O)C(O)C2O)C(O)C1O)C(O)/C=C/CCCCCCCCCCCCC. The van der Waals surface area contributed by atoms with E-state index in [1.807, 2.05) is 6.08 Å². The van der Waals surface area contributed by atoms with Crippen LogP contribution < -0.4 is 5.32 Å². The van der Waals surface area contributed by atoms with Crippen molar-refractivity contribution in [1.82, 2.24) is 5.32 Å². The number of rotatable bonds is 38. The lowest BCUT2D eigenvalue weighted by Crippen LogP contribution is -2.65. The Balaban J connectivity index is 1.86. The first-order valence-corrected chi connectivity index (χ1v) is 25.8. The second-order valence-corrected chi connectivity index (χ2v) is 17.9. The van der Waals surface area contributed by atoms with Crippen LogP contribution in [0.5, 0.6) is 0 Å². The number of hydrogen-bond acceptors (Lipinski definition) is 13. The molecule has 0 radical (unpaired) electrons. The smallest absolute Gasteiger partial charge is 0.220 e. The zero-order valence-corrected chi connectivity index (χ0v) is 41.3. The summed E-state index contributed by atoms with van der Waals surface area (Å²) in [5.41, 5.74) is 0. The molecule has 2 aliphatic heterocycles. The largest absolute Gasteiger partial charge is 0.394 e. The molecule has 390 valence electrons. The minimum Gasteiger partial charge on any atom is -0.394 e. The fourth-order valence-electron chi connectivity index (χ4n) is 7.88. The van der Waals surface area contributed by atoms with Crippen molar-refractivity contribution >= 4 is 5.91 Å². The molecule has 14 nitrogen and oxygen atoms in total. The van der Waals surface area contributed by atoms with Crippen molar-refractivity contribution in [3.63, 3.8) is 0 Å². The number of aliphatic hydroxyl groups excluding tert-OH is 8. The van der Waals surface area contributed by atoms with E-state index >= 15 is 0 Å². The number of ether oxygens (including phenoxy) is 4. The van der Waals surface area contributed by atoms with E-state index < -0.39 is 86.8 Å². The molecule has 0 spiro atoms. The monoisotopic (exact) mass is 962 g/mol. The van der Waals surface area contributed by atoms with Crippen LogP contribution in [0.15, 0.2) is 85.1 Å². The minimum absolute atomic E-state index is 0.221. The summed E-state index contributed by atoms with van der Waals surface area (Å²) < 4.78 is 22.7. The Morgan fingerprint density at radius 2 is 1.01 bits per heavy atom. The third-order valence-corrected chi connectivity index (χ3v) is 12.1. The number of amides is 1. The van der Waals surface area contributed by atoms with Crippen molar-refractivity contribution in [2.45, 2.75) is 229 Å². The molecule has 9 N–H and O–H groups in total. The molecular formula is C54H91NO13. The van der Waals surface area contributed by atoms with E-state index in [1.165, 1.54) is 51.4 Å². The van der Waals surface area contributed by atoms with Gasteiger partial charge in [0.15, 0.2) is 12.6 Å². The van der Waals surface area contributed by atoms with Crippen LogP contribution in [0.2, 0.25) is 0 Å². The summed E-state index contributed by atoms with van der Waals surface area (Å²) in [4.78, 5) is 13.2. The summed E-state index contributed by atoms with van der Waals surface area (Å²) in [6, 6.07) is -0.942. The van der Waals surface area contributed by atoms with E-state index in [-0.39, 0.29) is 18.9 Å². The van der Waals surface area contributed by atoms with E-state index in [0.717, 1.165) is 77.0 Å². The number of nitrogens with one attached hydrogen (secondary N) is 1. The molecule has 2 aliphatic rings. The Kier molecular flexibility index (Phi) is 35.9. The van der Waals surface area contributed by atoms with E-state index in [4.69, 9.17) is 18.9 Å². The number of aliphatic hydroxyl groups is 8. The summed E-state index contributed by atoms with van der Waals surface area (Å²) in [6.45, 7) is 2.61. The van der Waals surface area contributed by atoms with E-state index in [1.54, 1.807) is 6.08 Å². The Morgan fingerprint density at radius 3 is 1.56 bits per heavy atom. The Hall–Kier alpha value is -2.83. The highest BCUT2D eigenvalue weighted by atomic mass is 16.7. The molecule has 0 aromatic carbocycles. The first-order chi connectivity index (χ1) is 33.1. The first-order valence-electron chi connectivity index (χ1n) is 25.8. The molecule has 68 heavy (non-hydrogen) atoms.